The van der Waals surface area contributed by atoms with Crippen LogP contribution in [0.5, 0.6) is 11.5 Å². The van der Waals surface area contributed by atoms with Gasteiger partial charge in [-0.05, 0) is 50.5 Å². The molecule has 0 aromatic heterocycles. The van der Waals surface area contributed by atoms with Gasteiger partial charge in [0.1, 0.15) is 6.61 Å². The largest absolute Gasteiger partial charge is 0.504 e. The van der Waals surface area contributed by atoms with Gasteiger partial charge in [0.05, 0.1) is 18.6 Å². The summed E-state index contributed by atoms with van der Waals surface area (Å²) in [4.78, 5) is 26.1. The van der Waals surface area contributed by atoms with Gasteiger partial charge in [0, 0.05) is 6.54 Å². The summed E-state index contributed by atoms with van der Waals surface area (Å²) in [6.45, 7) is 5.52. The minimum atomic E-state index is -0.654. The number of phenolic OH excluding ortho intramolecular Hbond substituents is 1. The zero-order chi connectivity index (χ0) is 22.3. The van der Waals surface area contributed by atoms with Crippen LogP contribution < -0.4 is 10.5 Å². The van der Waals surface area contributed by atoms with Gasteiger partial charge in [0.25, 0.3) is 0 Å². The highest BCUT2D eigenvalue weighted by Gasteiger charge is 2.28. The maximum Gasteiger partial charge on any atom is 0.315 e. The van der Waals surface area contributed by atoms with Crippen LogP contribution in [-0.2, 0) is 22.5 Å². The quantitative estimate of drug-likeness (QED) is 0.644. The van der Waals surface area contributed by atoms with Crippen molar-refractivity contribution in [2.45, 2.75) is 39.8 Å². The second-order valence-electron chi connectivity index (χ2n) is 8.16. The number of primary amides is 1. The Morgan fingerprint density at radius 2 is 1.77 bits per heavy atom. The molecule has 0 fully saturated rings. The predicted octanol–water partition coefficient (Wildman–Crippen LogP) is 3.48. The van der Waals surface area contributed by atoms with Gasteiger partial charge in [-0.3, -0.25) is 4.79 Å². The Kier molecular flexibility index (Phi) is 7.69. The Hall–Kier alpha value is -3.22. The van der Waals surface area contributed by atoms with Crippen LogP contribution in [0.3, 0.4) is 0 Å². The lowest BCUT2D eigenvalue weighted by Crippen LogP contribution is -2.47. The fourth-order valence-corrected chi connectivity index (χ4v) is 2.94. The van der Waals surface area contributed by atoms with E-state index < -0.39 is 17.5 Å². The molecule has 3 N–H and O–H groups in total. The Bertz CT molecular complexity index is 862. The average Bonchev–Trinajstić information content (AvgIpc) is 2.70. The number of esters is 1. The van der Waals surface area contributed by atoms with Gasteiger partial charge in [-0.15, -0.1) is 0 Å². The van der Waals surface area contributed by atoms with Crippen molar-refractivity contribution in [1.82, 2.24) is 4.90 Å². The smallest absolute Gasteiger partial charge is 0.315 e. The van der Waals surface area contributed by atoms with E-state index in [1.54, 1.807) is 32.9 Å². The number of carbonyl (C=O) groups excluding carboxylic acids is 2. The number of nitrogens with zero attached hydrogens (tertiary/aromatic N) is 1. The van der Waals surface area contributed by atoms with Gasteiger partial charge in [-0.1, -0.05) is 36.4 Å². The van der Waals surface area contributed by atoms with Crippen LogP contribution in [0.1, 0.15) is 31.9 Å². The van der Waals surface area contributed by atoms with Gasteiger partial charge in [-0.2, -0.15) is 0 Å². The molecule has 2 rings (SSSR count). The summed E-state index contributed by atoms with van der Waals surface area (Å²) in [5.74, 6) is -0.0428. The normalized spacial score (nSPS) is 12.1. The molecule has 0 heterocycles. The van der Waals surface area contributed by atoms with Crippen molar-refractivity contribution >= 4 is 12.0 Å². The van der Waals surface area contributed by atoms with Gasteiger partial charge in [-0.25, -0.2) is 4.79 Å². The van der Waals surface area contributed by atoms with Crippen LogP contribution in [0.4, 0.5) is 4.79 Å². The summed E-state index contributed by atoms with van der Waals surface area (Å²) in [7, 11) is 1.45. The van der Waals surface area contributed by atoms with Crippen molar-refractivity contribution in [3.05, 3.63) is 59.7 Å². The van der Waals surface area contributed by atoms with E-state index in [1.165, 1.54) is 18.1 Å². The van der Waals surface area contributed by atoms with Crippen LogP contribution >= 0.6 is 0 Å². The fourth-order valence-electron chi connectivity index (χ4n) is 2.94. The summed E-state index contributed by atoms with van der Waals surface area (Å²) in [6.07, 6.45) is 0.469. The van der Waals surface area contributed by atoms with E-state index in [2.05, 4.69) is 0 Å². The zero-order valence-corrected chi connectivity index (χ0v) is 17.9. The number of urea groups is 1. The van der Waals surface area contributed by atoms with Crippen LogP contribution in [0.15, 0.2) is 48.5 Å². The minimum Gasteiger partial charge on any atom is -0.504 e. The second-order valence-corrected chi connectivity index (χ2v) is 8.16. The molecule has 1 atom stereocenters. The van der Waals surface area contributed by atoms with E-state index >= 15 is 0 Å². The highest BCUT2D eigenvalue weighted by atomic mass is 16.5. The first kappa shape index (κ1) is 23.1. The van der Waals surface area contributed by atoms with E-state index in [0.29, 0.717) is 12.2 Å². The van der Waals surface area contributed by atoms with Gasteiger partial charge >= 0.3 is 12.0 Å². The third kappa shape index (κ3) is 6.40. The van der Waals surface area contributed by atoms with E-state index in [1.807, 2.05) is 30.3 Å². The number of rotatable bonds is 8. The number of phenols is 1. The molecule has 1 unspecified atom stereocenters. The molecule has 162 valence electrons. The molecular weight excluding hydrogens is 384 g/mol. The zero-order valence-electron chi connectivity index (χ0n) is 17.9. The molecule has 0 saturated heterocycles. The molecule has 30 heavy (non-hydrogen) atoms. The monoisotopic (exact) mass is 414 g/mol. The molecule has 2 aromatic carbocycles. The molecule has 2 aromatic rings. The summed E-state index contributed by atoms with van der Waals surface area (Å²) in [5, 5.41) is 9.82. The molecule has 0 radical (unpaired) electrons. The van der Waals surface area contributed by atoms with Crippen LogP contribution in [-0.4, -0.2) is 41.8 Å². The molecule has 0 aliphatic rings. The van der Waals surface area contributed by atoms with E-state index in [4.69, 9.17) is 15.2 Å². The maximum atomic E-state index is 12.3. The van der Waals surface area contributed by atoms with Crippen molar-refractivity contribution < 1.29 is 24.2 Å². The molecule has 0 bridgehead atoms. The number of carbonyl (C=O) groups is 2. The fraction of sp³-hybridized carbons (Fsp3) is 0.391. The topological polar surface area (TPSA) is 102 Å². The van der Waals surface area contributed by atoms with E-state index in [0.717, 1.165) is 11.1 Å². The van der Waals surface area contributed by atoms with Crippen LogP contribution in [0, 0.1) is 5.41 Å². The second kappa shape index (κ2) is 10.0. The molecular formula is C23H30N2O5. The van der Waals surface area contributed by atoms with Crippen molar-refractivity contribution in [2.24, 2.45) is 11.1 Å². The lowest BCUT2D eigenvalue weighted by atomic mass is 9.97. The van der Waals surface area contributed by atoms with Gasteiger partial charge < -0.3 is 25.2 Å². The molecule has 2 amide bonds. The highest BCUT2D eigenvalue weighted by molar-refractivity contribution is 5.75. The molecule has 7 nitrogen and oxygen atoms in total. The molecule has 0 spiro atoms. The number of ether oxygens (including phenoxy) is 2. The van der Waals surface area contributed by atoms with Crippen LogP contribution in [0.2, 0.25) is 0 Å². The minimum absolute atomic E-state index is 0.00631. The standard InChI is InChI=1S/C23H30N2O5/c1-23(2,3)21(27)30-15-18(12-16-8-6-5-7-9-16)25(22(24)28)14-17-10-11-19(26)20(13-17)29-4/h5-11,13,18,26H,12,14-15H2,1-4H3,(H2,24,28). The number of nitrogens with two attached hydrogens (primary N) is 1. The third-order valence-electron chi connectivity index (χ3n) is 4.65. The lowest BCUT2D eigenvalue weighted by Gasteiger charge is -2.31. The van der Waals surface area contributed by atoms with E-state index in [9.17, 15) is 14.7 Å². The molecule has 0 aliphatic carbocycles. The Morgan fingerprint density at radius 3 is 2.33 bits per heavy atom. The van der Waals surface area contributed by atoms with Crippen LogP contribution in [0.25, 0.3) is 0 Å². The lowest BCUT2D eigenvalue weighted by molar-refractivity contribution is -0.154. The summed E-state index contributed by atoms with van der Waals surface area (Å²) >= 11 is 0. The molecule has 7 heteroatoms. The predicted molar refractivity (Wildman–Crippen MR) is 114 cm³/mol. The molecule has 0 aliphatic heterocycles. The van der Waals surface area contributed by atoms with Gasteiger partial charge in [0.15, 0.2) is 11.5 Å². The summed E-state index contributed by atoms with van der Waals surface area (Å²) < 4.78 is 10.7. The average molecular weight is 415 g/mol. The summed E-state index contributed by atoms with van der Waals surface area (Å²) in [5.41, 5.74) is 6.76. The van der Waals surface area contributed by atoms with Crippen molar-refractivity contribution in [3.63, 3.8) is 0 Å². The number of hydrogen-bond acceptors (Lipinski definition) is 5. The Balaban J connectivity index is 2.28. The van der Waals surface area contributed by atoms with Crippen molar-refractivity contribution in [1.29, 1.82) is 0 Å². The first-order valence-electron chi connectivity index (χ1n) is 9.75. The SMILES string of the molecule is COc1cc(CN(C(N)=O)C(COC(=O)C(C)(C)C)Cc2ccccc2)ccc1O. The Morgan fingerprint density at radius 1 is 1.10 bits per heavy atom. The maximum absolute atomic E-state index is 12.3. The first-order chi connectivity index (χ1) is 14.1. The van der Waals surface area contributed by atoms with Crippen molar-refractivity contribution in [3.8, 4) is 11.5 Å². The summed E-state index contributed by atoms with van der Waals surface area (Å²) in [6, 6.07) is 13.4. The number of methoxy groups -OCH3 is 1. The first-order valence-corrected chi connectivity index (χ1v) is 9.75. The number of amides is 2. The number of hydrogen-bond donors (Lipinski definition) is 2. The van der Waals surface area contributed by atoms with Crippen molar-refractivity contribution in [2.75, 3.05) is 13.7 Å². The third-order valence-corrected chi connectivity index (χ3v) is 4.65. The number of benzene rings is 2. The van der Waals surface area contributed by atoms with E-state index in [-0.39, 0.29) is 24.9 Å². The highest BCUT2D eigenvalue weighted by Crippen LogP contribution is 2.27. The Labute approximate surface area is 177 Å². The number of aromatic hydroxyl groups is 1. The van der Waals surface area contributed by atoms with Gasteiger partial charge in [0.2, 0.25) is 0 Å². The molecule has 0 saturated carbocycles.